The number of nitrogens with zero attached hydrogens (tertiary/aromatic N) is 4. The summed E-state index contributed by atoms with van der Waals surface area (Å²) in [7, 11) is 0. The van der Waals surface area contributed by atoms with Crippen LogP contribution >= 0.6 is 6.64 Å². The highest BCUT2D eigenvalue weighted by atomic mass is 32.5. The number of nitrogens with two attached hydrogens (primary N) is 1. The monoisotopic (exact) mass is 628 g/mol. The number of hydrogen-bond donors (Lipinski definition) is 4. The smallest absolute Gasteiger partial charge is 0.323 e. The van der Waals surface area contributed by atoms with Crippen LogP contribution in [0.4, 0.5) is 10.3 Å². The summed E-state index contributed by atoms with van der Waals surface area (Å²) in [6.45, 7) is 3.36. The van der Waals surface area contributed by atoms with Crippen molar-refractivity contribution in [2.75, 3.05) is 18.9 Å². The maximum absolute atomic E-state index is 16.4. The Morgan fingerprint density at radius 1 is 1.31 bits per heavy atom. The van der Waals surface area contributed by atoms with Crippen LogP contribution in [0.2, 0.25) is 0 Å². The van der Waals surface area contributed by atoms with Crippen LogP contribution in [-0.2, 0) is 30.6 Å². The van der Waals surface area contributed by atoms with E-state index in [4.69, 9.17) is 40.8 Å². The van der Waals surface area contributed by atoms with Crippen LogP contribution < -0.4 is 20.1 Å². The Morgan fingerprint density at radius 2 is 2.00 bits per heavy atom. The third kappa shape index (κ3) is 6.64. The normalized spacial score (nSPS) is 26.2. The van der Waals surface area contributed by atoms with Crippen molar-refractivity contribution >= 4 is 41.5 Å². The molecule has 1 aliphatic rings. The summed E-state index contributed by atoms with van der Waals surface area (Å²) >= 11 is 5.62. The molecule has 1 aliphatic heterocycles. The number of nitrogens with one attached hydrogen (secondary N) is 1. The number of carbonyl (C=O) groups excluding carboxylic acids is 1. The Morgan fingerprint density at radius 3 is 2.64 bits per heavy atom. The van der Waals surface area contributed by atoms with Crippen LogP contribution in [0.15, 0.2) is 36.7 Å². The molecule has 230 valence electrons. The van der Waals surface area contributed by atoms with Crippen LogP contribution in [-0.4, -0.2) is 78.6 Å². The van der Waals surface area contributed by atoms with E-state index in [1.165, 1.54) is 24.7 Å². The molecule has 14 nitrogen and oxygen atoms in total. The summed E-state index contributed by atoms with van der Waals surface area (Å²) in [5.74, 6) is -3.41. The summed E-state index contributed by atoms with van der Waals surface area (Å²) in [6, 6.07) is 7.34. The van der Waals surface area contributed by atoms with Gasteiger partial charge in [-0.3, -0.25) is 9.36 Å². The van der Waals surface area contributed by atoms with Gasteiger partial charge < -0.3 is 39.2 Å². The van der Waals surface area contributed by atoms with Crippen molar-refractivity contribution in [1.29, 1.82) is 0 Å². The fourth-order valence-corrected chi connectivity index (χ4v) is 6.61. The van der Waals surface area contributed by atoms with Crippen LogP contribution in [0, 0.1) is 0 Å². The van der Waals surface area contributed by atoms with Gasteiger partial charge in [-0.15, -0.1) is 0 Å². The van der Waals surface area contributed by atoms with E-state index in [9.17, 15) is 15.0 Å². The van der Waals surface area contributed by atoms with Gasteiger partial charge in [0.05, 0.1) is 19.0 Å². The zero-order chi connectivity index (χ0) is 30.9. The summed E-state index contributed by atoms with van der Waals surface area (Å²) in [5.41, 5.74) is 3.86. The number of imidazole rings is 1. The summed E-state index contributed by atoms with van der Waals surface area (Å²) in [4.78, 5) is 24.8. The number of benzene rings is 1. The Bertz CT molecular complexity index is 1460. The predicted octanol–water partition coefficient (Wildman–Crippen LogP) is 2.36. The zero-order valence-corrected chi connectivity index (χ0v) is 25.3. The van der Waals surface area contributed by atoms with Gasteiger partial charge in [-0.05, 0) is 58.6 Å². The molecule has 1 saturated heterocycles. The number of hydrogen-bond acceptors (Lipinski definition) is 13. The first-order chi connectivity index (χ1) is 19.7. The maximum atomic E-state index is 16.4. The Labute approximate surface area is 246 Å². The van der Waals surface area contributed by atoms with Gasteiger partial charge in [-0.2, -0.15) is 9.97 Å². The lowest BCUT2D eigenvalue weighted by Gasteiger charge is -2.30. The van der Waals surface area contributed by atoms with Crippen molar-refractivity contribution in [1.82, 2.24) is 24.6 Å². The number of carbonyl (C=O) groups is 1. The number of aliphatic hydroxyl groups excluding tert-OH is 1. The van der Waals surface area contributed by atoms with Crippen molar-refractivity contribution in [2.45, 2.75) is 70.6 Å². The first kappa shape index (κ1) is 31.9. The summed E-state index contributed by atoms with van der Waals surface area (Å²) in [5, 5.41) is 25.0. The average molecular weight is 629 g/mol. The highest BCUT2D eigenvalue weighted by Gasteiger charge is 2.63. The van der Waals surface area contributed by atoms with E-state index < -0.39 is 55.2 Å². The molecule has 6 atom stereocenters. The number of aliphatic hydroxyl groups is 2. The molecule has 17 heteroatoms. The highest BCUT2D eigenvalue weighted by Crippen LogP contribution is 2.51. The van der Waals surface area contributed by atoms with Crippen molar-refractivity contribution in [3.8, 4) is 11.6 Å². The van der Waals surface area contributed by atoms with E-state index in [1.54, 1.807) is 51.1 Å². The molecule has 0 aliphatic carbocycles. The topological polar surface area (TPSA) is 185 Å². The van der Waals surface area contributed by atoms with Crippen molar-refractivity contribution in [2.24, 2.45) is 0 Å². The van der Waals surface area contributed by atoms with Crippen LogP contribution in [0.5, 0.6) is 11.6 Å². The molecule has 0 radical (unpaired) electrons. The largest absolute Gasteiger partial charge is 0.476 e. The summed E-state index contributed by atoms with van der Waals surface area (Å²) < 4.78 is 45.5. The number of anilines is 1. The van der Waals surface area contributed by atoms with E-state index in [0.29, 0.717) is 0 Å². The molecule has 0 amide bonds. The fourth-order valence-electron chi connectivity index (χ4n) is 4.22. The van der Waals surface area contributed by atoms with Gasteiger partial charge in [0.1, 0.15) is 30.1 Å². The Kier molecular flexibility index (Phi) is 9.37. The number of nitrogen functional groups attached to an aromatic ring is 1. The van der Waals surface area contributed by atoms with Gasteiger partial charge in [-0.1, -0.05) is 18.2 Å². The quantitative estimate of drug-likeness (QED) is 0.169. The van der Waals surface area contributed by atoms with Crippen molar-refractivity contribution in [3.63, 3.8) is 0 Å². The highest BCUT2D eigenvalue weighted by molar-refractivity contribution is 8.09. The second-order valence-electron chi connectivity index (χ2n) is 10.0. The van der Waals surface area contributed by atoms with Crippen molar-refractivity contribution in [3.05, 3.63) is 36.7 Å². The lowest BCUT2D eigenvalue weighted by Crippen LogP contribution is -2.49. The number of rotatable bonds is 12. The Balaban J connectivity index is 1.61. The number of aromatic nitrogens is 4. The van der Waals surface area contributed by atoms with Crippen molar-refractivity contribution < 1.29 is 42.7 Å². The molecule has 0 saturated carbocycles. The standard InChI is InChI=1S/C25H34FN6O8PS/c1-6-36-19-17-18(29-23(27)30-19)32(13-28-17)22-24(5,35)21(34)25(26,39-22)12-37-41(42,40-16-10-8-7-9-11-16)31-15(4)20(33)38-14(2)3/h7-11,13-15,21-22,34-35H,6,12H2,1-5H3,(H,31,42)(H2,27,29,30). The minimum Gasteiger partial charge on any atom is -0.476 e. The molecule has 42 heavy (non-hydrogen) atoms. The number of halogens is 1. The maximum Gasteiger partial charge on any atom is 0.323 e. The third-order valence-corrected chi connectivity index (χ3v) is 8.65. The minimum absolute atomic E-state index is 0.0743. The molecule has 3 heterocycles. The second-order valence-corrected chi connectivity index (χ2v) is 13.2. The molecule has 3 aromatic rings. The van der Waals surface area contributed by atoms with E-state index in [2.05, 4.69) is 20.0 Å². The molecule has 1 fully saturated rings. The Hall–Kier alpha value is -2.98. The van der Waals surface area contributed by atoms with Gasteiger partial charge >= 0.3 is 12.6 Å². The number of fused-ring (bicyclic) bond motifs is 1. The van der Waals surface area contributed by atoms with Gasteiger partial charge in [0.2, 0.25) is 11.8 Å². The molecular formula is C25H34FN6O8PS. The lowest BCUT2D eigenvalue weighted by molar-refractivity contribution is -0.202. The first-order valence-electron chi connectivity index (χ1n) is 13.1. The van der Waals surface area contributed by atoms with E-state index in [1.807, 2.05) is 0 Å². The SMILES string of the molecule is CCOc1nc(N)nc2c1ncn2C1OC(F)(COP(=S)(NC(C)C(=O)OC(C)C)Oc2ccccc2)C(O)C1(C)O. The zero-order valence-electron chi connectivity index (χ0n) is 23.6. The van der Waals surface area contributed by atoms with Gasteiger partial charge in [0.25, 0.3) is 5.85 Å². The number of esters is 1. The lowest BCUT2D eigenvalue weighted by atomic mass is 9.95. The van der Waals surface area contributed by atoms with Crippen LogP contribution in [0.1, 0.15) is 40.8 Å². The van der Waals surface area contributed by atoms with Crippen LogP contribution in [0.25, 0.3) is 11.2 Å². The molecular weight excluding hydrogens is 594 g/mol. The van der Waals surface area contributed by atoms with E-state index >= 15 is 4.39 Å². The van der Waals surface area contributed by atoms with E-state index in [0.717, 1.165) is 0 Å². The molecule has 4 rings (SSSR count). The molecule has 6 unspecified atom stereocenters. The molecule has 5 N–H and O–H groups in total. The second kappa shape index (κ2) is 12.3. The molecule has 2 aromatic heterocycles. The van der Waals surface area contributed by atoms with Gasteiger partial charge in [0, 0.05) is 0 Å². The molecule has 0 bridgehead atoms. The van der Waals surface area contributed by atoms with Crippen LogP contribution in [0.3, 0.4) is 0 Å². The fraction of sp³-hybridized carbons (Fsp3) is 0.520. The first-order valence-corrected chi connectivity index (χ1v) is 15.7. The van der Waals surface area contributed by atoms with Gasteiger partial charge in [0.15, 0.2) is 17.4 Å². The average Bonchev–Trinajstić information content (AvgIpc) is 3.40. The van der Waals surface area contributed by atoms with E-state index in [-0.39, 0.29) is 35.3 Å². The minimum atomic E-state index is -3.70. The number of para-hydroxylation sites is 1. The predicted molar refractivity (Wildman–Crippen MR) is 153 cm³/mol. The van der Waals surface area contributed by atoms with Gasteiger partial charge in [-0.25, -0.2) is 14.5 Å². The number of ether oxygens (including phenoxy) is 3. The third-order valence-electron chi connectivity index (χ3n) is 6.17. The molecule has 0 spiro atoms. The number of alkyl halides is 1. The molecule has 1 aromatic carbocycles. The summed E-state index contributed by atoms with van der Waals surface area (Å²) in [6.07, 6.45) is -2.85.